The van der Waals surface area contributed by atoms with E-state index >= 15 is 0 Å². The second kappa shape index (κ2) is 9.60. The standard InChI is InChI=1S/C25H24BrN3O4S/c1-5-33-24(32)21-14(2)27-25-29(22(21)16-7-9-17(10-8-16)28(3)4)23(31)20(34-25)13-15-6-11-19(30)18(26)12-15/h6-13,22,30H,5H2,1-4H3/b20-13-/t22-/m1/s1. The highest BCUT2D eigenvalue weighted by molar-refractivity contribution is 9.10. The number of anilines is 1. The molecule has 0 saturated heterocycles. The number of hydrogen-bond acceptors (Lipinski definition) is 7. The van der Waals surface area contributed by atoms with Crippen LogP contribution in [0.4, 0.5) is 5.69 Å². The van der Waals surface area contributed by atoms with Gasteiger partial charge in [0.05, 0.1) is 32.9 Å². The van der Waals surface area contributed by atoms with Gasteiger partial charge in [-0.2, -0.15) is 0 Å². The Morgan fingerprint density at radius 1 is 1.26 bits per heavy atom. The molecule has 1 N–H and O–H groups in total. The lowest BCUT2D eigenvalue weighted by Gasteiger charge is -2.25. The molecule has 9 heteroatoms. The van der Waals surface area contributed by atoms with Crippen molar-refractivity contribution in [1.29, 1.82) is 0 Å². The first-order valence-corrected chi connectivity index (χ1v) is 12.3. The molecule has 0 radical (unpaired) electrons. The van der Waals surface area contributed by atoms with Crippen molar-refractivity contribution in [1.82, 2.24) is 4.57 Å². The zero-order valence-electron chi connectivity index (χ0n) is 19.2. The molecule has 176 valence electrons. The summed E-state index contributed by atoms with van der Waals surface area (Å²) in [5.74, 6) is -0.364. The predicted molar refractivity (Wildman–Crippen MR) is 137 cm³/mol. The van der Waals surface area contributed by atoms with Crippen LogP contribution in [0.5, 0.6) is 5.75 Å². The largest absolute Gasteiger partial charge is 0.507 e. The molecule has 0 spiro atoms. The van der Waals surface area contributed by atoms with E-state index in [1.165, 1.54) is 11.3 Å². The summed E-state index contributed by atoms with van der Waals surface area (Å²) in [6.07, 6.45) is 1.75. The summed E-state index contributed by atoms with van der Waals surface area (Å²) in [6, 6.07) is 12.1. The van der Waals surface area contributed by atoms with Crippen molar-refractivity contribution >= 4 is 45.0 Å². The Morgan fingerprint density at radius 3 is 2.59 bits per heavy atom. The number of allylic oxidation sites excluding steroid dienone is 1. The highest BCUT2D eigenvalue weighted by atomic mass is 79.9. The topological polar surface area (TPSA) is 84.1 Å². The minimum atomic E-state index is -0.653. The predicted octanol–water partition coefficient (Wildman–Crippen LogP) is 3.33. The molecular formula is C25H24BrN3O4S. The van der Waals surface area contributed by atoms with Gasteiger partial charge in [0.2, 0.25) is 0 Å². The molecule has 1 aliphatic rings. The van der Waals surface area contributed by atoms with Gasteiger partial charge in [-0.25, -0.2) is 9.79 Å². The molecule has 0 aliphatic carbocycles. The minimum absolute atomic E-state index is 0.120. The molecule has 34 heavy (non-hydrogen) atoms. The Labute approximate surface area is 209 Å². The molecule has 4 rings (SSSR count). The summed E-state index contributed by atoms with van der Waals surface area (Å²) in [6.45, 7) is 3.74. The molecule has 7 nitrogen and oxygen atoms in total. The van der Waals surface area contributed by atoms with Crippen LogP contribution < -0.4 is 19.8 Å². The van der Waals surface area contributed by atoms with E-state index in [1.54, 1.807) is 42.7 Å². The third kappa shape index (κ3) is 4.45. The molecular weight excluding hydrogens is 518 g/mol. The summed E-state index contributed by atoms with van der Waals surface area (Å²) in [5.41, 5.74) is 3.19. The van der Waals surface area contributed by atoms with Gasteiger partial charge < -0.3 is 14.7 Å². The lowest BCUT2D eigenvalue weighted by molar-refractivity contribution is -0.139. The van der Waals surface area contributed by atoms with Gasteiger partial charge in [-0.1, -0.05) is 29.5 Å². The summed E-state index contributed by atoms with van der Waals surface area (Å²) in [4.78, 5) is 33.6. The van der Waals surface area contributed by atoms with Crippen molar-refractivity contribution in [2.45, 2.75) is 19.9 Å². The van der Waals surface area contributed by atoms with Crippen LogP contribution >= 0.6 is 27.3 Å². The van der Waals surface area contributed by atoms with Gasteiger partial charge in [-0.05, 0) is 71.2 Å². The van der Waals surface area contributed by atoms with Gasteiger partial charge in [0, 0.05) is 19.8 Å². The third-order valence-corrected chi connectivity index (χ3v) is 7.13. The molecule has 1 aliphatic heterocycles. The number of aromatic hydroxyl groups is 1. The van der Waals surface area contributed by atoms with Crippen LogP contribution in [0, 0.1) is 0 Å². The minimum Gasteiger partial charge on any atom is -0.507 e. The number of nitrogens with zero attached hydrogens (tertiary/aromatic N) is 3. The van der Waals surface area contributed by atoms with E-state index in [4.69, 9.17) is 4.74 Å². The van der Waals surface area contributed by atoms with Gasteiger partial charge >= 0.3 is 5.97 Å². The van der Waals surface area contributed by atoms with E-state index in [0.717, 1.165) is 16.8 Å². The molecule has 1 atom stereocenters. The number of halogens is 1. The maximum Gasteiger partial charge on any atom is 0.338 e. The van der Waals surface area contributed by atoms with Gasteiger partial charge in [0.1, 0.15) is 5.75 Å². The monoisotopic (exact) mass is 541 g/mol. The van der Waals surface area contributed by atoms with E-state index in [-0.39, 0.29) is 17.9 Å². The fourth-order valence-electron chi connectivity index (χ4n) is 3.83. The SMILES string of the molecule is CCOC(=O)C1=C(C)N=c2s/c(=C\c3ccc(O)c(Br)c3)c(=O)n2[C@@H]1c1ccc(N(C)C)cc1. The lowest BCUT2D eigenvalue weighted by Crippen LogP contribution is -2.39. The van der Waals surface area contributed by atoms with Crippen LogP contribution in [0.15, 0.2) is 68.0 Å². The Balaban J connectivity index is 1.93. The molecule has 0 amide bonds. The Hall–Kier alpha value is -3.17. The number of ether oxygens (including phenoxy) is 1. The summed E-state index contributed by atoms with van der Waals surface area (Å²) >= 11 is 4.57. The highest BCUT2D eigenvalue weighted by Gasteiger charge is 2.33. The number of benzene rings is 2. The fraction of sp³-hybridized carbons (Fsp3) is 0.240. The van der Waals surface area contributed by atoms with Crippen molar-refractivity contribution < 1.29 is 14.6 Å². The normalized spacial score (nSPS) is 15.7. The number of thiazole rings is 1. The van der Waals surface area contributed by atoms with Gasteiger partial charge in [0.15, 0.2) is 4.80 Å². The first kappa shape index (κ1) is 24.0. The molecule has 0 fully saturated rings. The van der Waals surface area contributed by atoms with Crippen molar-refractivity contribution in [2.75, 3.05) is 25.6 Å². The van der Waals surface area contributed by atoms with Crippen LogP contribution in [0.1, 0.15) is 31.0 Å². The molecule has 0 saturated carbocycles. The van der Waals surface area contributed by atoms with Crippen LogP contribution in [0.25, 0.3) is 6.08 Å². The van der Waals surface area contributed by atoms with Gasteiger partial charge in [-0.15, -0.1) is 0 Å². The quantitative estimate of drug-likeness (QED) is 0.501. The van der Waals surface area contributed by atoms with Crippen molar-refractivity contribution in [2.24, 2.45) is 4.99 Å². The van der Waals surface area contributed by atoms with E-state index in [9.17, 15) is 14.7 Å². The van der Waals surface area contributed by atoms with Gasteiger partial charge in [0.25, 0.3) is 5.56 Å². The maximum atomic E-state index is 13.6. The Morgan fingerprint density at radius 2 is 1.97 bits per heavy atom. The Kier molecular flexibility index (Phi) is 6.77. The number of phenolic OH excluding ortho intramolecular Hbond substituents is 1. The second-order valence-electron chi connectivity index (χ2n) is 8.00. The first-order chi connectivity index (χ1) is 16.2. The number of carbonyl (C=O) groups is 1. The summed E-state index contributed by atoms with van der Waals surface area (Å²) < 4.78 is 7.91. The molecule has 2 heterocycles. The zero-order chi connectivity index (χ0) is 24.6. The number of aromatic nitrogens is 1. The first-order valence-electron chi connectivity index (χ1n) is 10.7. The highest BCUT2D eigenvalue weighted by Crippen LogP contribution is 2.31. The second-order valence-corrected chi connectivity index (χ2v) is 9.86. The lowest BCUT2D eigenvalue weighted by atomic mass is 9.95. The van der Waals surface area contributed by atoms with E-state index in [1.807, 2.05) is 43.3 Å². The number of carbonyl (C=O) groups excluding carboxylic acids is 1. The van der Waals surface area contributed by atoms with Crippen molar-refractivity contribution in [3.63, 3.8) is 0 Å². The van der Waals surface area contributed by atoms with E-state index < -0.39 is 12.0 Å². The molecule has 0 unspecified atom stereocenters. The number of hydrogen-bond donors (Lipinski definition) is 1. The number of fused-ring (bicyclic) bond motifs is 1. The van der Waals surface area contributed by atoms with Crippen LogP contribution in [0.2, 0.25) is 0 Å². The Bertz CT molecular complexity index is 1470. The van der Waals surface area contributed by atoms with Crippen LogP contribution in [-0.4, -0.2) is 36.3 Å². The average Bonchev–Trinajstić information content (AvgIpc) is 3.10. The number of phenols is 1. The maximum absolute atomic E-state index is 13.6. The van der Waals surface area contributed by atoms with Gasteiger partial charge in [-0.3, -0.25) is 9.36 Å². The molecule has 3 aromatic rings. The van der Waals surface area contributed by atoms with Crippen LogP contribution in [-0.2, 0) is 9.53 Å². The van der Waals surface area contributed by atoms with Crippen molar-refractivity contribution in [3.05, 3.63) is 89.0 Å². The smallest absolute Gasteiger partial charge is 0.338 e. The zero-order valence-corrected chi connectivity index (χ0v) is 21.6. The number of esters is 1. The molecule has 0 bridgehead atoms. The van der Waals surface area contributed by atoms with E-state index in [0.29, 0.717) is 25.1 Å². The number of rotatable bonds is 5. The molecule has 2 aromatic carbocycles. The summed E-state index contributed by atoms with van der Waals surface area (Å²) in [7, 11) is 3.90. The fourth-order valence-corrected chi connectivity index (χ4v) is 5.27. The third-order valence-electron chi connectivity index (χ3n) is 5.51. The average molecular weight is 542 g/mol. The van der Waals surface area contributed by atoms with E-state index in [2.05, 4.69) is 20.9 Å². The molecule has 1 aromatic heterocycles. The summed E-state index contributed by atoms with van der Waals surface area (Å²) in [5, 5.41) is 9.77. The van der Waals surface area contributed by atoms with Crippen LogP contribution in [0.3, 0.4) is 0 Å². The van der Waals surface area contributed by atoms with Crippen molar-refractivity contribution in [3.8, 4) is 5.75 Å².